The fourth-order valence-corrected chi connectivity index (χ4v) is 2.68. The van der Waals surface area contributed by atoms with Crippen LogP contribution in [0, 0.1) is 5.92 Å². The molecule has 6 heteroatoms. The maximum atomic E-state index is 13.0. The minimum atomic E-state index is -2.66. The third-order valence-corrected chi connectivity index (χ3v) is 4.30. The lowest BCUT2D eigenvalue weighted by Crippen LogP contribution is -2.29. The number of aromatic hydroxyl groups is 1. The second-order valence-electron chi connectivity index (χ2n) is 6.30. The molecule has 1 amide bonds. The summed E-state index contributed by atoms with van der Waals surface area (Å²) in [6.07, 6.45) is -0.179. The molecule has 0 saturated heterocycles. The first-order chi connectivity index (χ1) is 11.8. The van der Waals surface area contributed by atoms with Crippen molar-refractivity contribution in [3.8, 4) is 5.75 Å². The predicted molar refractivity (Wildman–Crippen MR) is 88.0 cm³/mol. The van der Waals surface area contributed by atoms with Gasteiger partial charge in [-0.05, 0) is 24.3 Å². The first-order valence-electron chi connectivity index (χ1n) is 7.85. The Hall–Kier alpha value is -2.76. The monoisotopic (exact) mass is 345 g/mol. The van der Waals surface area contributed by atoms with Crippen LogP contribution in [0.15, 0.2) is 48.5 Å². The summed E-state index contributed by atoms with van der Waals surface area (Å²) in [5, 5.41) is 9.44. The largest absolute Gasteiger partial charge is 0.508 e. The highest BCUT2D eigenvalue weighted by atomic mass is 19.3. The molecule has 0 spiro atoms. The average Bonchev–Trinajstić information content (AvgIpc) is 3.19. The second-order valence-corrected chi connectivity index (χ2v) is 6.30. The number of nitrogens with zero attached hydrogens (tertiary/aromatic N) is 1. The van der Waals surface area contributed by atoms with Crippen LogP contribution < -0.4 is 0 Å². The average molecular weight is 345 g/mol. The van der Waals surface area contributed by atoms with Crippen molar-refractivity contribution in [2.45, 2.75) is 12.3 Å². The molecule has 1 saturated carbocycles. The van der Waals surface area contributed by atoms with E-state index in [-0.39, 0.29) is 30.4 Å². The summed E-state index contributed by atoms with van der Waals surface area (Å²) in [4.78, 5) is 25.9. The number of ketones is 1. The lowest BCUT2D eigenvalue weighted by Gasteiger charge is -2.17. The SMILES string of the molecule is CN(CC1CC1(F)F)C(=O)c1ccc(C(=O)c2cccc(O)c2)cc1. The number of alkyl halides is 2. The number of benzene rings is 2. The van der Waals surface area contributed by atoms with Crippen molar-refractivity contribution in [1.29, 1.82) is 0 Å². The summed E-state index contributed by atoms with van der Waals surface area (Å²) in [7, 11) is 1.49. The van der Waals surface area contributed by atoms with E-state index in [2.05, 4.69) is 0 Å². The molecule has 0 aliphatic heterocycles. The highest BCUT2D eigenvalue weighted by Crippen LogP contribution is 2.48. The van der Waals surface area contributed by atoms with Gasteiger partial charge in [0.2, 0.25) is 0 Å². The summed E-state index contributed by atoms with van der Waals surface area (Å²) in [6, 6.07) is 12.0. The van der Waals surface area contributed by atoms with Crippen LogP contribution in [0.1, 0.15) is 32.7 Å². The van der Waals surface area contributed by atoms with Gasteiger partial charge in [-0.25, -0.2) is 8.78 Å². The summed E-state index contributed by atoms with van der Waals surface area (Å²) in [6.45, 7) is 0.00973. The van der Waals surface area contributed by atoms with Gasteiger partial charge in [0.15, 0.2) is 5.78 Å². The fraction of sp³-hybridized carbons (Fsp3) is 0.263. The first kappa shape index (κ1) is 17.1. The van der Waals surface area contributed by atoms with E-state index in [1.54, 1.807) is 12.1 Å². The Bertz CT molecular complexity index is 818. The van der Waals surface area contributed by atoms with E-state index in [0.29, 0.717) is 16.7 Å². The van der Waals surface area contributed by atoms with Crippen LogP contribution in [0.25, 0.3) is 0 Å². The predicted octanol–water partition coefficient (Wildman–Crippen LogP) is 3.35. The Morgan fingerprint density at radius 2 is 1.72 bits per heavy atom. The Morgan fingerprint density at radius 3 is 2.28 bits per heavy atom. The molecule has 1 aliphatic carbocycles. The second kappa shape index (κ2) is 6.27. The number of hydrogen-bond acceptors (Lipinski definition) is 3. The van der Waals surface area contributed by atoms with Gasteiger partial charge >= 0.3 is 0 Å². The molecule has 1 atom stereocenters. The van der Waals surface area contributed by atoms with Gasteiger partial charge in [-0.2, -0.15) is 0 Å². The van der Waals surface area contributed by atoms with Crippen molar-refractivity contribution in [2.75, 3.05) is 13.6 Å². The molecule has 1 N–H and O–H groups in total. The maximum absolute atomic E-state index is 13.0. The molecule has 4 nitrogen and oxygen atoms in total. The van der Waals surface area contributed by atoms with Gasteiger partial charge in [0.1, 0.15) is 5.75 Å². The van der Waals surface area contributed by atoms with Gasteiger partial charge in [-0.1, -0.05) is 24.3 Å². The van der Waals surface area contributed by atoms with E-state index in [9.17, 15) is 23.5 Å². The van der Waals surface area contributed by atoms with Crippen LogP contribution in [-0.4, -0.2) is 41.2 Å². The minimum absolute atomic E-state index is 0.00356. The quantitative estimate of drug-likeness (QED) is 0.846. The van der Waals surface area contributed by atoms with Crippen LogP contribution in [0.2, 0.25) is 0 Å². The van der Waals surface area contributed by atoms with Crippen molar-refractivity contribution < 1.29 is 23.5 Å². The third-order valence-electron chi connectivity index (χ3n) is 4.30. The Morgan fingerprint density at radius 1 is 1.12 bits per heavy atom. The zero-order chi connectivity index (χ0) is 18.2. The number of carbonyl (C=O) groups is 2. The van der Waals surface area contributed by atoms with Crippen molar-refractivity contribution in [3.63, 3.8) is 0 Å². The van der Waals surface area contributed by atoms with Gasteiger partial charge in [0, 0.05) is 42.6 Å². The molecular weight excluding hydrogens is 328 g/mol. The van der Waals surface area contributed by atoms with E-state index in [4.69, 9.17) is 0 Å². The lowest BCUT2D eigenvalue weighted by molar-refractivity contribution is 0.0703. The van der Waals surface area contributed by atoms with E-state index < -0.39 is 11.8 Å². The Kier molecular flexibility index (Phi) is 4.29. The standard InChI is InChI=1S/C19H17F2NO3/c1-22(11-15-10-19(15,20)21)18(25)13-7-5-12(6-8-13)17(24)14-3-2-4-16(23)9-14/h2-9,15,23H,10-11H2,1H3. The Labute approximate surface area is 143 Å². The number of halogens is 2. The Balaban J connectivity index is 1.69. The number of rotatable bonds is 5. The van der Waals surface area contributed by atoms with E-state index in [1.165, 1.54) is 48.3 Å². The molecule has 1 fully saturated rings. The summed E-state index contributed by atoms with van der Waals surface area (Å²) in [5.41, 5.74) is 1.05. The molecule has 0 aromatic heterocycles. The maximum Gasteiger partial charge on any atom is 0.253 e. The first-order valence-corrected chi connectivity index (χ1v) is 7.85. The highest BCUT2D eigenvalue weighted by Gasteiger charge is 2.57. The summed E-state index contributed by atoms with van der Waals surface area (Å²) >= 11 is 0. The smallest absolute Gasteiger partial charge is 0.253 e. The molecular formula is C19H17F2NO3. The van der Waals surface area contributed by atoms with Crippen molar-refractivity contribution >= 4 is 11.7 Å². The number of phenolic OH excluding ortho intramolecular Hbond substituents is 1. The molecule has 0 radical (unpaired) electrons. The number of phenols is 1. The normalized spacial score (nSPS) is 17.8. The summed E-state index contributed by atoms with van der Waals surface area (Å²) < 4.78 is 25.9. The molecule has 3 rings (SSSR count). The van der Waals surface area contributed by atoms with Crippen LogP contribution in [0.3, 0.4) is 0 Å². The molecule has 1 aliphatic rings. The van der Waals surface area contributed by atoms with Gasteiger partial charge in [-0.3, -0.25) is 9.59 Å². The van der Waals surface area contributed by atoms with Crippen molar-refractivity contribution in [1.82, 2.24) is 4.90 Å². The van der Waals surface area contributed by atoms with Gasteiger partial charge in [0.05, 0.1) is 0 Å². The molecule has 2 aromatic carbocycles. The zero-order valence-corrected chi connectivity index (χ0v) is 13.6. The van der Waals surface area contributed by atoms with Crippen LogP contribution in [0.5, 0.6) is 5.75 Å². The summed E-state index contributed by atoms with van der Waals surface area (Å²) in [5.74, 6) is -4.07. The van der Waals surface area contributed by atoms with E-state index >= 15 is 0 Å². The van der Waals surface area contributed by atoms with Gasteiger partial charge in [-0.15, -0.1) is 0 Å². The van der Waals surface area contributed by atoms with Crippen molar-refractivity contribution in [2.24, 2.45) is 5.92 Å². The zero-order valence-electron chi connectivity index (χ0n) is 13.6. The van der Waals surface area contributed by atoms with Crippen LogP contribution in [0.4, 0.5) is 8.78 Å². The third kappa shape index (κ3) is 3.68. The fourth-order valence-electron chi connectivity index (χ4n) is 2.68. The van der Waals surface area contributed by atoms with Gasteiger partial charge in [0.25, 0.3) is 11.8 Å². The molecule has 0 heterocycles. The minimum Gasteiger partial charge on any atom is -0.508 e. The van der Waals surface area contributed by atoms with Crippen molar-refractivity contribution in [3.05, 3.63) is 65.2 Å². The number of carbonyl (C=O) groups excluding carboxylic acids is 2. The van der Waals surface area contributed by atoms with E-state index in [1.807, 2.05) is 0 Å². The number of hydrogen-bond donors (Lipinski definition) is 1. The molecule has 2 aromatic rings. The molecule has 1 unspecified atom stereocenters. The molecule has 25 heavy (non-hydrogen) atoms. The van der Waals surface area contributed by atoms with Gasteiger partial charge < -0.3 is 10.0 Å². The van der Waals surface area contributed by atoms with Crippen LogP contribution >= 0.6 is 0 Å². The lowest BCUT2D eigenvalue weighted by atomic mass is 10.0. The van der Waals surface area contributed by atoms with Crippen LogP contribution in [-0.2, 0) is 0 Å². The number of amides is 1. The van der Waals surface area contributed by atoms with E-state index in [0.717, 1.165) is 0 Å². The molecule has 0 bridgehead atoms. The topological polar surface area (TPSA) is 57.6 Å². The molecule has 130 valence electrons. The highest BCUT2D eigenvalue weighted by molar-refractivity contribution is 6.09.